The number of likely N-dealkylation sites (tertiary alicyclic amines) is 1. The summed E-state index contributed by atoms with van der Waals surface area (Å²) >= 11 is 1.48. The third-order valence-corrected chi connectivity index (χ3v) is 5.11. The van der Waals surface area contributed by atoms with E-state index in [-0.39, 0.29) is 10.7 Å². The van der Waals surface area contributed by atoms with E-state index >= 15 is 0 Å². The Hall–Kier alpha value is -0.440. The van der Waals surface area contributed by atoms with Crippen LogP contribution in [0.15, 0.2) is 11.6 Å². The summed E-state index contributed by atoms with van der Waals surface area (Å²) in [6.07, 6.45) is 8.64. The van der Waals surface area contributed by atoms with Crippen LogP contribution >= 0.6 is 11.8 Å². The quantitative estimate of drug-likeness (QED) is 0.640. The Kier molecular flexibility index (Phi) is 4.65. The number of nitrogens with zero attached hydrogens (tertiary/aromatic N) is 1. The van der Waals surface area contributed by atoms with Crippen molar-refractivity contribution in [3.63, 3.8) is 0 Å². The summed E-state index contributed by atoms with van der Waals surface area (Å²) in [5.41, 5.74) is 1.68. The van der Waals surface area contributed by atoms with Crippen LogP contribution in [0.25, 0.3) is 0 Å². The number of carbonyl (C=O) groups excluding carboxylic acids is 1. The number of carbonyl (C=O) groups is 1. The molecule has 0 aromatic rings. The van der Waals surface area contributed by atoms with Gasteiger partial charge in [0.2, 0.25) is 0 Å². The molecular weight excluding hydrogens is 254 g/mol. The Morgan fingerprint density at radius 1 is 1.37 bits per heavy atom. The molecule has 1 unspecified atom stereocenters. The predicted molar refractivity (Wildman–Crippen MR) is 83.6 cm³/mol. The normalized spacial score (nSPS) is 29.4. The smallest absolute Gasteiger partial charge is 0.282 e. The first kappa shape index (κ1) is 15.0. The van der Waals surface area contributed by atoms with E-state index in [1.165, 1.54) is 43.0 Å². The Morgan fingerprint density at radius 3 is 2.79 bits per heavy atom. The average molecular weight is 281 g/mol. The maximum atomic E-state index is 12.5. The van der Waals surface area contributed by atoms with Crippen LogP contribution in [0.1, 0.15) is 59.8 Å². The molecule has 1 aliphatic heterocycles. The van der Waals surface area contributed by atoms with Crippen molar-refractivity contribution < 1.29 is 4.79 Å². The van der Waals surface area contributed by atoms with Crippen molar-refractivity contribution in [3.05, 3.63) is 11.6 Å². The summed E-state index contributed by atoms with van der Waals surface area (Å²) < 4.78 is 0. The fourth-order valence-corrected chi connectivity index (χ4v) is 4.08. The summed E-state index contributed by atoms with van der Waals surface area (Å²) in [7, 11) is 0. The molecule has 1 amide bonds. The third-order valence-electron chi connectivity index (χ3n) is 4.20. The maximum absolute atomic E-state index is 12.5. The van der Waals surface area contributed by atoms with Gasteiger partial charge in [-0.3, -0.25) is 4.79 Å². The molecule has 108 valence electrons. The lowest BCUT2D eigenvalue weighted by Gasteiger charge is -2.26. The lowest BCUT2D eigenvalue weighted by atomic mass is 9.81. The van der Waals surface area contributed by atoms with Crippen LogP contribution in [0.4, 0.5) is 4.79 Å². The Morgan fingerprint density at radius 2 is 2.11 bits per heavy atom. The van der Waals surface area contributed by atoms with Crippen LogP contribution in [0.3, 0.4) is 0 Å². The highest BCUT2D eigenvalue weighted by Gasteiger charge is 2.44. The van der Waals surface area contributed by atoms with Gasteiger partial charge in [0.1, 0.15) is 0 Å². The van der Waals surface area contributed by atoms with E-state index in [9.17, 15) is 4.79 Å². The lowest BCUT2D eigenvalue weighted by Crippen LogP contribution is -2.34. The number of amides is 1. The molecule has 0 aromatic heterocycles. The number of thioether (sulfide) groups is 1. The molecule has 19 heavy (non-hydrogen) atoms. The topological polar surface area (TPSA) is 20.3 Å². The second-order valence-corrected chi connectivity index (χ2v) is 8.29. The molecule has 0 radical (unpaired) electrons. The molecule has 1 atom stereocenters. The van der Waals surface area contributed by atoms with Crippen molar-refractivity contribution in [2.45, 2.75) is 71.1 Å². The fourth-order valence-electron chi connectivity index (χ4n) is 3.35. The van der Waals surface area contributed by atoms with Crippen molar-refractivity contribution in [3.8, 4) is 0 Å². The van der Waals surface area contributed by atoms with E-state index in [1.807, 2.05) is 0 Å². The molecule has 0 spiro atoms. The van der Waals surface area contributed by atoms with Crippen molar-refractivity contribution in [2.75, 3.05) is 6.54 Å². The van der Waals surface area contributed by atoms with E-state index in [0.717, 1.165) is 13.0 Å². The van der Waals surface area contributed by atoms with Crippen LogP contribution in [-0.4, -0.2) is 28.0 Å². The summed E-state index contributed by atoms with van der Waals surface area (Å²) in [4.78, 5) is 14.6. The second kappa shape index (κ2) is 5.90. The Balaban J connectivity index is 2.21. The highest BCUT2D eigenvalue weighted by Crippen LogP contribution is 2.44. The zero-order valence-corrected chi connectivity index (χ0v) is 13.6. The molecule has 0 N–H and O–H groups in total. The lowest BCUT2D eigenvalue weighted by molar-refractivity contribution is 0.212. The standard InChI is InChI=1S/C16H27NOS/c1-12(2)19-15(18)17-11-16(3,4)13-9-7-5-6-8-10-14(13)17/h9,12,14H,5-8,10-11H2,1-4H3/b13-9-. The molecule has 1 heterocycles. The van der Waals surface area contributed by atoms with Crippen molar-refractivity contribution in [2.24, 2.45) is 5.41 Å². The highest BCUT2D eigenvalue weighted by molar-refractivity contribution is 8.14. The van der Waals surface area contributed by atoms with Gasteiger partial charge in [-0.05, 0) is 24.8 Å². The van der Waals surface area contributed by atoms with Gasteiger partial charge in [0, 0.05) is 17.2 Å². The largest absolute Gasteiger partial charge is 0.326 e. The molecule has 1 fully saturated rings. The molecule has 0 saturated carbocycles. The first-order chi connectivity index (χ1) is 8.92. The minimum atomic E-state index is 0.162. The van der Waals surface area contributed by atoms with Gasteiger partial charge in [0.05, 0.1) is 6.04 Å². The minimum absolute atomic E-state index is 0.162. The van der Waals surface area contributed by atoms with E-state index in [1.54, 1.807) is 0 Å². The van der Waals surface area contributed by atoms with E-state index in [2.05, 4.69) is 38.7 Å². The first-order valence-corrected chi connectivity index (χ1v) is 8.47. The van der Waals surface area contributed by atoms with Gasteiger partial charge in [-0.2, -0.15) is 0 Å². The summed E-state index contributed by atoms with van der Waals surface area (Å²) in [5.74, 6) is 0. The van der Waals surface area contributed by atoms with Gasteiger partial charge in [0.25, 0.3) is 5.24 Å². The van der Waals surface area contributed by atoms with Crippen LogP contribution < -0.4 is 0 Å². The summed E-state index contributed by atoms with van der Waals surface area (Å²) in [6, 6.07) is 0.369. The second-order valence-electron chi connectivity index (χ2n) is 6.76. The molecule has 2 nitrogen and oxygen atoms in total. The molecule has 0 bridgehead atoms. The van der Waals surface area contributed by atoms with Crippen molar-refractivity contribution >= 4 is 17.0 Å². The third kappa shape index (κ3) is 3.36. The SMILES string of the molecule is CC(C)SC(=O)N1CC(C)(C)/C2=C\CCCCCC21. The van der Waals surface area contributed by atoms with Crippen LogP contribution in [-0.2, 0) is 0 Å². The van der Waals surface area contributed by atoms with Gasteiger partial charge in [-0.1, -0.05) is 58.4 Å². The molecular formula is C16H27NOS. The van der Waals surface area contributed by atoms with Crippen molar-refractivity contribution in [1.29, 1.82) is 0 Å². The van der Waals surface area contributed by atoms with E-state index < -0.39 is 0 Å². The van der Waals surface area contributed by atoms with Gasteiger partial charge >= 0.3 is 0 Å². The molecule has 0 aromatic carbocycles. The zero-order chi connectivity index (χ0) is 14.0. The van der Waals surface area contributed by atoms with Crippen LogP contribution in [0, 0.1) is 5.41 Å². The minimum Gasteiger partial charge on any atom is -0.326 e. The monoisotopic (exact) mass is 281 g/mol. The van der Waals surface area contributed by atoms with Crippen LogP contribution in [0.2, 0.25) is 0 Å². The molecule has 1 saturated heterocycles. The maximum Gasteiger partial charge on any atom is 0.282 e. The van der Waals surface area contributed by atoms with Crippen LogP contribution in [0.5, 0.6) is 0 Å². The first-order valence-electron chi connectivity index (χ1n) is 7.59. The van der Waals surface area contributed by atoms with Gasteiger partial charge < -0.3 is 4.90 Å². The fraction of sp³-hybridized carbons (Fsp3) is 0.812. The Bertz CT molecular complexity index is 373. The molecule has 3 heteroatoms. The predicted octanol–water partition coefficient (Wildman–Crippen LogP) is 4.85. The molecule has 2 aliphatic rings. The Labute approximate surface area is 122 Å². The number of rotatable bonds is 1. The number of hydrogen-bond acceptors (Lipinski definition) is 2. The van der Waals surface area contributed by atoms with Crippen molar-refractivity contribution in [1.82, 2.24) is 4.90 Å². The van der Waals surface area contributed by atoms with E-state index in [4.69, 9.17) is 0 Å². The number of fused-ring (bicyclic) bond motifs is 1. The van der Waals surface area contributed by atoms with Gasteiger partial charge in [-0.15, -0.1) is 0 Å². The molecule has 2 rings (SSSR count). The molecule has 1 aliphatic carbocycles. The average Bonchev–Trinajstić information content (AvgIpc) is 2.48. The number of allylic oxidation sites excluding steroid dienone is 1. The number of hydrogen-bond donors (Lipinski definition) is 0. The zero-order valence-electron chi connectivity index (χ0n) is 12.7. The summed E-state index contributed by atoms with van der Waals surface area (Å²) in [5, 5.41) is 0.647. The van der Waals surface area contributed by atoms with Gasteiger partial charge in [0.15, 0.2) is 0 Å². The summed E-state index contributed by atoms with van der Waals surface area (Å²) in [6.45, 7) is 9.67. The highest BCUT2D eigenvalue weighted by atomic mass is 32.2. The van der Waals surface area contributed by atoms with E-state index in [0.29, 0.717) is 11.3 Å². The van der Waals surface area contributed by atoms with Gasteiger partial charge in [-0.25, -0.2) is 0 Å².